The van der Waals surface area contributed by atoms with Crippen LogP contribution in [-0.4, -0.2) is 19.0 Å². The van der Waals surface area contributed by atoms with E-state index < -0.39 is 0 Å². The van der Waals surface area contributed by atoms with Gasteiger partial charge in [-0.2, -0.15) is 0 Å². The van der Waals surface area contributed by atoms with Crippen LogP contribution in [0, 0.1) is 0 Å². The smallest absolute Gasteiger partial charge is 0.238 e. The van der Waals surface area contributed by atoms with Crippen LogP contribution < -0.4 is 10.6 Å². The standard InChI is InChI=1S/C16H19ClN2OS/c1-16(2,14-4-3-9-21-14)11-18-10-15(20)19-13-7-5-12(17)6-8-13/h3-9,18H,10-11H2,1-2H3,(H,19,20). The van der Waals surface area contributed by atoms with Crippen molar-refractivity contribution in [3.8, 4) is 0 Å². The third kappa shape index (κ3) is 4.84. The van der Waals surface area contributed by atoms with Gasteiger partial charge in [0, 0.05) is 27.5 Å². The summed E-state index contributed by atoms with van der Waals surface area (Å²) in [5.74, 6) is -0.0562. The summed E-state index contributed by atoms with van der Waals surface area (Å²) in [6, 6.07) is 11.3. The van der Waals surface area contributed by atoms with E-state index in [0.29, 0.717) is 5.02 Å². The van der Waals surface area contributed by atoms with E-state index in [1.165, 1.54) is 4.88 Å². The predicted octanol–water partition coefficient (Wildman–Crippen LogP) is 3.91. The number of hydrogen-bond acceptors (Lipinski definition) is 3. The summed E-state index contributed by atoms with van der Waals surface area (Å²) in [5.41, 5.74) is 0.776. The van der Waals surface area contributed by atoms with Crippen LogP contribution in [0.4, 0.5) is 5.69 Å². The number of rotatable bonds is 6. The molecule has 5 heteroatoms. The molecule has 0 spiro atoms. The van der Waals surface area contributed by atoms with E-state index >= 15 is 0 Å². The van der Waals surface area contributed by atoms with Crippen molar-refractivity contribution in [3.63, 3.8) is 0 Å². The number of hydrogen-bond donors (Lipinski definition) is 2. The Hall–Kier alpha value is -1.36. The summed E-state index contributed by atoms with van der Waals surface area (Å²) in [4.78, 5) is 13.2. The van der Waals surface area contributed by atoms with E-state index in [-0.39, 0.29) is 17.9 Å². The molecule has 1 aromatic heterocycles. The molecule has 2 aromatic rings. The topological polar surface area (TPSA) is 41.1 Å². The Labute approximate surface area is 134 Å². The Morgan fingerprint density at radius 1 is 1.24 bits per heavy atom. The molecule has 0 aliphatic heterocycles. The fourth-order valence-electron chi connectivity index (χ4n) is 1.98. The van der Waals surface area contributed by atoms with Gasteiger partial charge in [0.05, 0.1) is 6.54 Å². The maximum absolute atomic E-state index is 11.9. The van der Waals surface area contributed by atoms with Crippen LogP contribution in [0.25, 0.3) is 0 Å². The highest BCUT2D eigenvalue weighted by molar-refractivity contribution is 7.10. The molecule has 0 bridgehead atoms. The van der Waals surface area contributed by atoms with Gasteiger partial charge in [0.1, 0.15) is 0 Å². The first kappa shape index (κ1) is 16.0. The molecule has 3 nitrogen and oxygen atoms in total. The number of anilines is 1. The van der Waals surface area contributed by atoms with Crippen LogP contribution in [0.5, 0.6) is 0 Å². The van der Waals surface area contributed by atoms with Crippen LogP contribution in [0.15, 0.2) is 41.8 Å². The van der Waals surface area contributed by atoms with Crippen molar-refractivity contribution < 1.29 is 4.79 Å². The summed E-state index contributed by atoms with van der Waals surface area (Å²) in [6.45, 7) is 5.38. The molecule has 0 saturated heterocycles. The van der Waals surface area contributed by atoms with E-state index in [2.05, 4.69) is 42.0 Å². The summed E-state index contributed by atoms with van der Waals surface area (Å²) >= 11 is 7.55. The maximum Gasteiger partial charge on any atom is 0.238 e. The van der Waals surface area contributed by atoms with Crippen LogP contribution in [0.3, 0.4) is 0 Å². The molecule has 0 unspecified atom stereocenters. The van der Waals surface area contributed by atoms with E-state index in [1.807, 2.05) is 0 Å². The molecule has 0 atom stereocenters. The molecule has 1 amide bonds. The molecular weight excluding hydrogens is 304 g/mol. The second kappa shape index (κ2) is 7.07. The van der Waals surface area contributed by atoms with Crippen LogP contribution in [-0.2, 0) is 10.2 Å². The van der Waals surface area contributed by atoms with Crippen LogP contribution in [0.2, 0.25) is 5.02 Å². The van der Waals surface area contributed by atoms with Gasteiger partial charge in [-0.05, 0) is 35.7 Å². The first-order valence-electron chi connectivity index (χ1n) is 6.77. The van der Waals surface area contributed by atoms with Crippen molar-refractivity contribution in [2.24, 2.45) is 0 Å². The van der Waals surface area contributed by atoms with Gasteiger partial charge in [0.25, 0.3) is 0 Å². The lowest BCUT2D eigenvalue weighted by Gasteiger charge is -2.23. The predicted molar refractivity (Wildman–Crippen MR) is 90.3 cm³/mol. The molecule has 1 heterocycles. The summed E-state index contributed by atoms with van der Waals surface area (Å²) < 4.78 is 0. The third-order valence-corrected chi connectivity index (χ3v) is 4.66. The quantitative estimate of drug-likeness (QED) is 0.846. The normalized spacial score (nSPS) is 11.4. The number of carbonyl (C=O) groups excluding carboxylic acids is 1. The number of carbonyl (C=O) groups is 1. The lowest BCUT2D eigenvalue weighted by Crippen LogP contribution is -2.37. The lowest BCUT2D eigenvalue weighted by atomic mass is 9.91. The molecule has 0 radical (unpaired) electrons. The highest BCUT2D eigenvalue weighted by Gasteiger charge is 2.21. The number of nitrogens with one attached hydrogen (secondary N) is 2. The van der Waals surface area contributed by atoms with Crippen molar-refractivity contribution in [1.82, 2.24) is 5.32 Å². The fraction of sp³-hybridized carbons (Fsp3) is 0.312. The average molecular weight is 323 g/mol. The second-order valence-electron chi connectivity index (χ2n) is 5.52. The third-order valence-electron chi connectivity index (χ3n) is 3.17. The Morgan fingerprint density at radius 2 is 1.95 bits per heavy atom. The Bertz CT molecular complexity index is 579. The van der Waals surface area contributed by atoms with E-state index in [0.717, 1.165) is 12.2 Å². The van der Waals surface area contributed by atoms with Gasteiger partial charge in [-0.15, -0.1) is 11.3 Å². The van der Waals surface area contributed by atoms with Gasteiger partial charge in [0.2, 0.25) is 5.91 Å². The monoisotopic (exact) mass is 322 g/mol. The van der Waals surface area contributed by atoms with E-state index in [4.69, 9.17) is 11.6 Å². The number of amides is 1. The highest BCUT2D eigenvalue weighted by Crippen LogP contribution is 2.26. The minimum absolute atomic E-state index is 0.0225. The Kier molecular flexibility index (Phi) is 5.39. The van der Waals surface area contributed by atoms with Crippen molar-refractivity contribution in [2.45, 2.75) is 19.3 Å². The van der Waals surface area contributed by atoms with Crippen molar-refractivity contribution in [1.29, 1.82) is 0 Å². The van der Waals surface area contributed by atoms with Gasteiger partial charge >= 0.3 is 0 Å². The maximum atomic E-state index is 11.9. The van der Waals surface area contributed by atoms with Gasteiger partial charge < -0.3 is 10.6 Å². The molecule has 0 fully saturated rings. The SMILES string of the molecule is CC(C)(CNCC(=O)Nc1ccc(Cl)cc1)c1cccs1. The zero-order valence-electron chi connectivity index (χ0n) is 12.2. The molecule has 0 aliphatic rings. The van der Waals surface area contributed by atoms with Crippen LogP contribution >= 0.6 is 22.9 Å². The summed E-state index contributed by atoms with van der Waals surface area (Å²) in [5, 5.41) is 8.78. The molecule has 2 rings (SSSR count). The largest absolute Gasteiger partial charge is 0.325 e. The van der Waals surface area contributed by atoms with E-state index in [1.54, 1.807) is 35.6 Å². The number of benzene rings is 1. The lowest BCUT2D eigenvalue weighted by molar-refractivity contribution is -0.115. The van der Waals surface area contributed by atoms with Gasteiger partial charge in [-0.25, -0.2) is 0 Å². The zero-order chi connectivity index (χ0) is 15.3. The van der Waals surface area contributed by atoms with Gasteiger partial charge in [-0.1, -0.05) is 31.5 Å². The summed E-state index contributed by atoms with van der Waals surface area (Å²) in [6.07, 6.45) is 0. The van der Waals surface area contributed by atoms with Gasteiger partial charge in [0.15, 0.2) is 0 Å². The van der Waals surface area contributed by atoms with Crippen molar-refractivity contribution in [2.75, 3.05) is 18.4 Å². The molecule has 0 saturated carbocycles. The van der Waals surface area contributed by atoms with E-state index in [9.17, 15) is 4.79 Å². The first-order chi connectivity index (χ1) is 9.97. The minimum atomic E-state index is -0.0562. The Morgan fingerprint density at radius 3 is 2.57 bits per heavy atom. The highest BCUT2D eigenvalue weighted by atomic mass is 35.5. The second-order valence-corrected chi connectivity index (χ2v) is 6.90. The molecular formula is C16H19ClN2OS. The minimum Gasteiger partial charge on any atom is -0.325 e. The average Bonchev–Trinajstić information content (AvgIpc) is 2.96. The molecule has 2 N–H and O–H groups in total. The fourth-order valence-corrected chi connectivity index (χ4v) is 2.96. The van der Waals surface area contributed by atoms with Crippen molar-refractivity contribution in [3.05, 3.63) is 51.7 Å². The molecule has 0 aliphatic carbocycles. The molecule has 112 valence electrons. The Balaban J connectivity index is 1.78. The number of thiophene rings is 1. The first-order valence-corrected chi connectivity index (χ1v) is 8.03. The number of halogens is 1. The van der Waals surface area contributed by atoms with Crippen LogP contribution in [0.1, 0.15) is 18.7 Å². The summed E-state index contributed by atoms with van der Waals surface area (Å²) in [7, 11) is 0. The zero-order valence-corrected chi connectivity index (χ0v) is 13.7. The van der Waals surface area contributed by atoms with Crippen molar-refractivity contribution >= 4 is 34.5 Å². The molecule has 21 heavy (non-hydrogen) atoms. The van der Waals surface area contributed by atoms with Gasteiger partial charge in [-0.3, -0.25) is 4.79 Å². The molecule has 1 aromatic carbocycles.